The van der Waals surface area contributed by atoms with Crippen molar-refractivity contribution in [1.82, 2.24) is 10.1 Å². The molecule has 1 aliphatic rings. The number of amides is 2. The molecule has 4 rings (SSSR count). The van der Waals surface area contributed by atoms with Crippen LogP contribution in [-0.2, 0) is 9.59 Å². The van der Waals surface area contributed by atoms with Crippen LogP contribution in [0.2, 0.25) is 0 Å². The van der Waals surface area contributed by atoms with Crippen molar-refractivity contribution in [3.8, 4) is 11.4 Å². The Balaban J connectivity index is 1.50. The maximum atomic E-state index is 12.7. The predicted octanol–water partition coefficient (Wildman–Crippen LogP) is 3.65. The van der Waals surface area contributed by atoms with Gasteiger partial charge in [0.2, 0.25) is 23.5 Å². The lowest BCUT2D eigenvalue weighted by molar-refractivity contribution is -0.122. The molecule has 29 heavy (non-hydrogen) atoms. The van der Waals surface area contributed by atoms with E-state index >= 15 is 0 Å². The fourth-order valence-corrected chi connectivity index (χ4v) is 3.55. The van der Waals surface area contributed by atoms with E-state index in [-0.39, 0.29) is 18.2 Å². The van der Waals surface area contributed by atoms with Crippen molar-refractivity contribution in [3.05, 3.63) is 59.5 Å². The Morgan fingerprint density at radius 2 is 2.00 bits per heavy atom. The monoisotopic (exact) mass is 390 g/mol. The molecular weight excluding hydrogens is 368 g/mol. The Morgan fingerprint density at radius 3 is 2.72 bits per heavy atom. The molecule has 2 heterocycles. The van der Waals surface area contributed by atoms with E-state index in [1.807, 2.05) is 56.3 Å². The van der Waals surface area contributed by atoms with Gasteiger partial charge in [0.1, 0.15) is 0 Å². The van der Waals surface area contributed by atoms with Crippen molar-refractivity contribution in [2.45, 2.75) is 27.2 Å². The molecular formula is C22H22N4O3. The summed E-state index contributed by atoms with van der Waals surface area (Å²) < 4.78 is 5.03. The van der Waals surface area contributed by atoms with Crippen molar-refractivity contribution in [3.63, 3.8) is 0 Å². The van der Waals surface area contributed by atoms with Crippen LogP contribution in [0.15, 0.2) is 47.0 Å². The summed E-state index contributed by atoms with van der Waals surface area (Å²) in [5.74, 6) is 0.329. The second kappa shape index (κ2) is 7.50. The van der Waals surface area contributed by atoms with Crippen LogP contribution in [0.1, 0.15) is 23.4 Å². The minimum atomic E-state index is -0.403. The molecule has 1 aromatic heterocycles. The normalized spacial score (nSPS) is 16.3. The Morgan fingerprint density at radius 1 is 1.17 bits per heavy atom. The highest BCUT2D eigenvalue weighted by Gasteiger charge is 2.35. The summed E-state index contributed by atoms with van der Waals surface area (Å²) in [5, 5.41) is 6.89. The van der Waals surface area contributed by atoms with Gasteiger partial charge in [-0.25, -0.2) is 0 Å². The molecule has 7 nitrogen and oxygen atoms in total. The van der Waals surface area contributed by atoms with Gasteiger partial charge in [0, 0.05) is 36.8 Å². The highest BCUT2D eigenvalue weighted by Crippen LogP contribution is 2.29. The number of benzene rings is 2. The molecule has 1 N–H and O–H groups in total. The first-order valence-electron chi connectivity index (χ1n) is 9.50. The standard InChI is InChI=1S/C22H22N4O3/c1-13-7-8-19(14(2)9-13)24-22(28)17-11-20(27)26(12-17)18-6-4-5-16(10-18)21-23-15(3)29-25-21/h4-10,17H,11-12H2,1-3H3,(H,24,28). The first-order valence-corrected chi connectivity index (χ1v) is 9.50. The van der Waals surface area contributed by atoms with Crippen molar-refractivity contribution in [2.75, 3.05) is 16.8 Å². The Hall–Kier alpha value is -3.48. The number of carbonyl (C=O) groups is 2. The topological polar surface area (TPSA) is 88.3 Å². The average Bonchev–Trinajstić information content (AvgIpc) is 3.30. The highest BCUT2D eigenvalue weighted by atomic mass is 16.5. The van der Waals surface area contributed by atoms with Crippen molar-refractivity contribution in [1.29, 1.82) is 0 Å². The van der Waals surface area contributed by atoms with Gasteiger partial charge in [-0.2, -0.15) is 4.98 Å². The molecule has 1 saturated heterocycles. The van der Waals surface area contributed by atoms with E-state index < -0.39 is 5.92 Å². The summed E-state index contributed by atoms with van der Waals surface area (Å²) in [5.41, 5.74) is 4.40. The zero-order chi connectivity index (χ0) is 20.5. The summed E-state index contributed by atoms with van der Waals surface area (Å²) in [6.07, 6.45) is 0.183. The van der Waals surface area contributed by atoms with E-state index in [2.05, 4.69) is 15.5 Å². The predicted molar refractivity (Wildman–Crippen MR) is 109 cm³/mol. The van der Waals surface area contributed by atoms with Crippen LogP contribution in [-0.4, -0.2) is 28.5 Å². The van der Waals surface area contributed by atoms with Crippen molar-refractivity contribution >= 4 is 23.2 Å². The number of aromatic nitrogens is 2. The molecule has 1 unspecified atom stereocenters. The van der Waals surface area contributed by atoms with Crippen molar-refractivity contribution in [2.24, 2.45) is 5.92 Å². The maximum Gasteiger partial charge on any atom is 0.229 e. The number of hydrogen-bond donors (Lipinski definition) is 1. The molecule has 0 radical (unpaired) electrons. The van der Waals surface area contributed by atoms with Gasteiger partial charge >= 0.3 is 0 Å². The summed E-state index contributed by atoms with van der Waals surface area (Å²) in [6.45, 7) is 6.03. The van der Waals surface area contributed by atoms with Gasteiger partial charge in [-0.15, -0.1) is 0 Å². The second-order valence-corrected chi connectivity index (χ2v) is 7.40. The summed E-state index contributed by atoms with van der Waals surface area (Å²) in [4.78, 5) is 31.2. The molecule has 0 aliphatic carbocycles. The first kappa shape index (κ1) is 18.9. The van der Waals surface area contributed by atoms with Crippen LogP contribution in [0.5, 0.6) is 0 Å². The lowest BCUT2D eigenvalue weighted by atomic mass is 10.1. The average molecular weight is 390 g/mol. The van der Waals surface area contributed by atoms with E-state index in [0.29, 0.717) is 18.3 Å². The lowest BCUT2D eigenvalue weighted by Crippen LogP contribution is -2.28. The first-order chi connectivity index (χ1) is 13.9. The van der Waals surface area contributed by atoms with E-state index in [9.17, 15) is 9.59 Å². The summed E-state index contributed by atoms with van der Waals surface area (Å²) in [7, 11) is 0. The SMILES string of the molecule is Cc1ccc(NC(=O)C2CC(=O)N(c3cccc(-c4noc(C)n4)c3)C2)c(C)c1. The van der Waals surface area contributed by atoms with Crippen LogP contribution in [0, 0.1) is 26.7 Å². The maximum absolute atomic E-state index is 12.7. The number of hydrogen-bond acceptors (Lipinski definition) is 5. The molecule has 0 spiro atoms. The lowest BCUT2D eigenvalue weighted by Gasteiger charge is -2.17. The van der Waals surface area contributed by atoms with Gasteiger partial charge in [0.05, 0.1) is 5.92 Å². The Labute approximate surface area is 168 Å². The Bertz CT molecular complexity index is 1090. The molecule has 3 aromatic rings. The summed E-state index contributed by atoms with van der Waals surface area (Å²) in [6, 6.07) is 13.3. The van der Waals surface area contributed by atoms with E-state index in [1.54, 1.807) is 11.8 Å². The number of nitrogens with zero attached hydrogens (tertiary/aromatic N) is 3. The van der Waals surface area contributed by atoms with Crippen LogP contribution >= 0.6 is 0 Å². The van der Waals surface area contributed by atoms with Gasteiger partial charge in [-0.3, -0.25) is 9.59 Å². The van der Waals surface area contributed by atoms with Crippen LogP contribution in [0.25, 0.3) is 11.4 Å². The van der Waals surface area contributed by atoms with Gasteiger partial charge in [-0.05, 0) is 37.6 Å². The van der Waals surface area contributed by atoms with E-state index in [1.165, 1.54) is 0 Å². The zero-order valence-electron chi connectivity index (χ0n) is 16.6. The third kappa shape index (κ3) is 3.89. The van der Waals surface area contributed by atoms with E-state index in [0.717, 1.165) is 28.1 Å². The van der Waals surface area contributed by atoms with Crippen LogP contribution < -0.4 is 10.2 Å². The molecule has 1 fully saturated rings. The molecule has 2 amide bonds. The minimum absolute atomic E-state index is 0.0766. The molecule has 7 heteroatoms. The molecule has 0 saturated carbocycles. The molecule has 1 aliphatic heterocycles. The number of anilines is 2. The van der Waals surface area contributed by atoms with Gasteiger partial charge < -0.3 is 14.7 Å². The number of aryl methyl sites for hydroxylation is 3. The van der Waals surface area contributed by atoms with Gasteiger partial charge in [-0.1, -0.05) is 35.0 Å². The van der Waals surface area contributed by atoms with E-state index in [4.69, 9.17) is 4.52 Å². The van der Waals surface area contributed by atoms with Crippen LogP contribution in [0.4, 0.5) is 11.4 Å². The molecule has 2 aromatic carbocycles. The second-order valence-electron chi connectivity index (χ2n) is 7.40. The number of nitrogens with one attached hydrogen (secondary N) is 1. The quantitative estimate of drug-likeness (QED) is 0.735. The largest absolute Gasteiger partial charge is 0.339 e. The third-order valence-electron chi connectivity index (χ3n) is 5.08. The minimum Gasteiger partial charge on any atom is -0.339 e. The van der Waals surface area contributed by atoms with Gasteiger partial charge in [0.25, 0.3) is 0 Å². The van der Waals surface area contributed by atoms with Crippen molar-refractivity contribution < 1.29 is 14.1 Å². The highest BCUT2D eigenvalue weighted by molar-refractivity contribution is 6.03. The molecule has 148 valence electrons. The number of carbonyl (C=O) groups excluding carboxylic acids is 2. The summed E-state index contributed by atoms with van der Waals surface area (Å²) >= 11 is 0. The smallest absolute Gasteiger partial charge is 0.229 e. The van der Waals surface area contributed by atoms with Gasteiger partial charge in [0.15, 0.2) is 0 Å². The molecule has 1 atom stereocenters. The zero-order valence-corrected chi connectivity index (χ0v) is 16.6. The Kier molecular flexibility index (Phi) is 4.88. The fraction of sp³-hybridized carbons (Fsp3) is 0.273. The third-order valence-corrected chi connectivity index (χ3v) is 5.08. The molecule has 0 bridgehead atoms. The number of rotatable bonds is 4. The van der Waals surface area contributed by atoms with Crippen LogP contribution in [0.3, 0.4) is 0 Å². The fourth-order valence-electron chi connectivity index (χ4n) is 3.55.